The van der Waals surface area contributed by atoms with E-state index in [1.54, 1.807) is 49.7 Å². The van der Waals surface area contributed by atoms with E-state index in [1.165, 1.54) is 0 Å². The number of aliphatic imine (C=N–C) groups is 1. The van der Waals surface area contributed by atoms with Gasteiger partial charge in [-0.3, -0.25) is 9.79 Å². The zero-order valence-electron chi connectivity index (χ0n) is 14.8. The number of carbonyl (C=O) groups is 1. The van der Waals surface area contributed by atoms with Crippen LogP contribution < -0.4 is 4.74 Å². The van der Waals surface area contributed by atoms with Crippen molar-refractivity contribution in [1.29, 1.82) is 0 Å². The topological polar surface area (TPSA) is 38.7 Å². The Morgan fingerprint density at radius 1 is 1.00 bits per heavy atom. The molecule has 0 bridgehead atoms. The molecule has 0 atom stereocenters. The van der Waals surface area contributed by atoms with Crippen molar-refractivity contribution in [3.63, 3.8) is 0 Å². The van der Waals surface area contributed by atoms with Crippen LogP contribution in [-0.2, 0) is 0 Å². The molecule has 134 valence electrons. The second-order valence-electron chi connectivity index (χ2n) is 5.80. The lowest BCUT2D eigenvalue weighted by Gasteiger charge is -2.02. The quantitative estimate of drug-likeness (QED) is 0.301. The van der Waals surface area contributed by atoms with Gasteiger partial charge in [-0.05, 0) is 48.0 Å². The molecule has 0 aliphatic carbocycles. The third-order valence-electron chi connectivity index (χ3n) is 3.93. The molecular formula is C23H18ClNO2. The first kappa shape index (κ1) is 18.6. The van der Waals surface area contributed by atoms with Gasteiger partial charge in [-0.15, -0.1) is 0 Å². The number of ketones is 1. The number of para-hydroxylation sites is 1. The van der Waals surface area contributed by atoms with Crippen molar-refractivity contribution >= 4 is 35.4 Å². The van der Waals surface area contributed by atoms with E-state index in [2.05, 4.69) is 4.99 Å². The van der Waals surface area contributed by atoms with Crippen LogP contribution in [0, 0.1) is 0 Å². The summed E-state index contributed by atoms with van der Waals surface area (Å²) in [5.74, 6) is 0.563. The highest BCUT2D eigenvalue weighted by Crippen LogP contribution is 2.21. The highest BCUT2D eigenvalue weighted by molar-refractivity contribution is 6.30. The Bertz CT molecular complexity index is 991. The largest absolute Gasteiger partial charge is 0.497 e. The number of hydrogen-bond donors (Lipinski definition) is 0. The van der Waals surface area contributed by atoms with Crippen LogP contribution in [-0.4, -0.2) is 19.1 Å². The summed E-state index contributed by atoms with van der Waals surface area (Å²) in [4.78, 5) is 16.9. The minimum Gasteiger partial charge on any atom is -0.497 e. The van der Waals surface area contributed by atoms with E-state index in [0.717, 1.165) is 16.8 Å². The molecule has 0 aromatic heterocycles. The lowest BCUT2D eigenvalue weighted by molar-refractivity contribution is 0.104. The number of methoxy groups -OCH3 is 1. The molecule has 3 rings (SSSR count). The molecule has 3 aromatic rings. The van der Waals surface area contributed by atoms with Crippen LogP contribution >= 0.6 is 11.6 Å². The van der Waals surface area contributed by atoms with E-state index < -0.39 is 0 Å². The predicted octanol–water partition coefficient (Wildman–Crippen LogP) is 6.00. The summed E-state index contributed by atoms with van der Waals surface area (Å²) < 4.78 is 5.16. The SMILES string of the molecule is COc1cccc(C(=O)/C=C/c2ccccc2N=Cc2ccc(Cl)cc2)c1. The number of nitrogens with zero attached hydrogens (tertiary/aromatic N) is 1. The van der Waals surface area contributed by atoms with Gasteiger partial charge in [0.15, 0.2) is 5.78 Å². The molecule has 0 spiro atoms. The predicted molar refractivity (Wildman–Crippen MR) is 112 cm³/mol. The van der Waals surface area contributed by atoms with E-state index in [0.29, 0.717) is 16.3 Å². The molecule has 27 heavy (non-hydrogen) atoms. The van der Waals surface area contributed by atoms with Crippen LogP contribution in [0.15, 0.2) is 83.9 Å². The molecule has 0 unspecified atom stereocenters. The van der Waals surface area contributed by atoms with Crippen LogP contribution in [0.25, 0.3) is 6.08 Å². The van der Waals surface area contributed by atoms with Crippen molar-refractivity contribution in [1.82, 2.24) is 0 Å². The van der Waals surface area contributed by atoms with E-state index in [-0.39, 0.29) is 5.78 Å². The summed E-state index contributed by atoms with van der Waals surface area (Å²) in [6, 6.07) is 22.2. The van der Waals surface area contributed by atoms with Gasteiger partial charge in [0.2, 0.25) is 0 Å². The minimum absolute atomic E-state index is 0.0922. The van der Waals surface area contributed by atoms with Gasteiger partial charge in [0.05, 0.1) is 12.8 Å². The number of ether oxygens (including phenoxy) is 1. The van der Waals surface area contributed by atoms with Gasteiger partial charge < -0.3 is 4.74 Å². The van der Waals surface area contributed by atoms with E-state index in [1.807, 2.05) is 48.5 Å². The van der Waals surface area contributed by atoms with Crippen LogP contribution in [0.5, 0.6) is 5.75 Å². The van der Waals surface area contributed by atoms with Gasteiger partial charge in [0.25, 0.3) is 0 Å². The smallest absolute Gasteiger partial charge is 0.185 e. The van der Waals surface area contributed by atoms with E-state index in [9.17, 15) is 4.79 Å². The lowest BCUT2D eigenvalue weighted by atomic mass is 10.1. The Balaban J connectivity index is 1.80. The Labute approximate surface area is 163 Å². The van der Waals surface area contributed by atoms with Gasteiger partial charge in [0.1, 0.15) is 5.75 Å². The number of benzene rings is 3. The molecule has 0 fully saturated rings. The van der Waals surface area contributed by atoms with Crippen molar-refractivity contribution in [3.8, 4) is 5.75 Å². The summed E-state index contributed by atoms with van der Waals surface area (Å²) in [5, 5.41) is 0.687. The van der Waals surface area contributed by atoms with Crippen LogP contribution in [0.3, 0.4) is 0 Å². The first-order chi connectivity index (χ1) is 13.2. The maximum atomic E-state index is 12.4. The van der Waals surface area contributed by atoms with Gasteiger partial charge >= 0.3 is 0 Å². The van der Waals surface area contributed by atoms with E-state index >= 15 is 0 Å². The van der Waals surface area contributed by atoms with Crippen molar-refractivity contribution in [2.24, 2.45) is 4.99 Å². The number of halogens is 1. The molecule has 0 saturated carbocycles. The third-order valence-corrected chi connectivity index (χ3v) is 4.18. The summed E-state index contributed by atoms with van der Waals surface area (Å²) in [6.07, 6.45) is 5.09. The second-order valence-corrected chi connectivity index (χ2v) is 6.23. The van der Waals surface area contributed by atoms with Crippen molar-refractivity contribution in [2.45, 2.75) is 0 Å². The second kappa shape index (κ2) is 8.97. The Hall–Kier alpha value is -3.17. The molecule has 0 heterocycles. The number of allylic oxidation sites excluding steroid dienone is 1. The van der Waals surface area contributed by atoms with Crippen molar-refractivity contribution in [3.05, 3.63) is 101 Å². The summed E-state index contributed by atoms with van der Waals surface area (Å²) in [6.45, 7) is 0. The van der Waals surface area contributed by atoms with Gasteiger partial charge in [-0.2, -0.15) is 0 Å². The number of rotatable bonds is 6. The fourth-order valence-corrected chi connectivity index (χ4v) is 2.60. The molecule has 0 N–H and O–H groups in total. The van der Waals surface area contributed by atoms with Gasteiger partial charge in [-0.1, -0.05) is 54.1 Å². The maximum Gasteiger partial charge on any atom is 0.185 e. The zero-order valence-corrected chi connectivity index (χ0v) is 15.6. The van der Waals surface area contributed by atoms with E-state index in [4.69, 9.17) is 16.3 Å². The zero-order chi connectivity index (χ0) is 19.1. The first-order valence-corrected chi connectivity index (χ1v) is 8.78. The van der Waals surface area contributed by atoms with Crippen LogP contribution in [0.2, 0.25) is 5.02 Å². The molecular weight excluding hydrogens is 358 g/mol. The molecule has 4 heteroatoms. The fourth-order valence-electron chi connectivity index (χ4n) is 2.48. The number of carbonyl (C=O) groups excluding carboxylic acids is 1. The molecule has 0 aliphatic heterocycles. The lowest BCUT2D eigenvalue weighted by Crippen LogP contribution is -1.94. The molecule has 0 amide bonds. The monoisotopic (exact) mass is 375 g/mol. The number of hydrogen-bond acceptors (Lipinski definition) is 3. The molecule has 3 aromatic carbocycles. The van der Waals surface area contributed by atoms with Crippen molar-refractivity contribution < 1.29 is 9.53 Å². The third kappa shape index (κ3) is 5.16. The maximum absolute atomic E-state index is 12.4. The highest BCUT2D eigenvalue weighted by atomic mass is 35.5. The average Bonchev–Trinajstić information content (AvgIpc) is 2.72. The molecule has 0 aliphatic rings. The molecule has 0 radical (unpaired) electrons. The minimum atomic E-state index is -0.0922. The highest BCUT2D eigenvalue weighted by Gasteiger charge is 2.04. The van der Waals surface area contributed by atoms with Gasteiger partial charge in [-0.25, -0.2) is 0 Å². The standard InChI is InChI=1S/C23H18ClNO2/c1-27-21-7-4-6-19(15-21)23(26)14-11-18-5-2-3-8-22(18)25-16-17-9-12-20(24)13-10-17/h2-16H,1H3/b14-11+,25-16?. The van der Waals surface area contributed by atoms with Crippen molar-refractivity contribution in [2.75, 3.05) is 7.11 Å². The summed E-state index contributed by atoms with van der Waals surface area (Å²) >= 11 is 5.90. The summed E-state index contributed by atoms with van der Waals surface area (Å²) in [5.41, 5.74) is 3.17. The van der Waals surface area contributed by atoms with Crippen LogP contribution in [0.1, 0.15) is 21.5 Å². The normalized spacial score (nSPS) is 11.2. The molecule has 0 saturated heterocycles. The first-order valence-electron chi connectivity index (χ1n) is 8.41. The Morgan fingerprint density at radius 2 is 1.78 bits per heavy atom. The Morgan fingerprint density at radius 3 is 2.56 bits per heavy atom. The van der Waals surface area contributed by atoms with Crippen LogP contribution in [0.4, 0.5) is 5.69 Å². The Kier molecular flexibility index (Phi) is 6.18. The summed E-state index contributed by atoms with van der Waals surface area (Å²) in [7, 11) is 1.58. The average molecular weight is 376 g/mol. The fraction of sp³-hybridized carbons (Fsp3) is 0.0435. The van der Waals surface area contributed by atoms with Gasteiger partial charge in [0, 0.05) is 22.4 Å². The molecule has 3 nitrogen and oxygen atoms in total.